The number of thiazole rings is 1. The molecular weight excluding hydrogens is 258 g/mol. The summed E-state index contributed by atoms with van der Waals surface area (Å²) < 4.78 is 1.84. The SMILES string of the molecule is Cc1csc([C@H](NC(=O)c2cccn2C)C2CC2)n1. The van der Waals surface area contributed by atoms with E-state index in [1.54, 1.807) is 11.3 Å². The average molecular weight is 275 g/mol. The second-order valence-corrected chi connectivity index (χ2v) is 6.01. The number of carbonyl (C=O) groups is 1. The van der Waals surface area contributed by atoms with Crippen LogP contribution in [0.2, 0.25) is 0 Å². The maximum absolute atomic E-state index is 12.3. The molecule has 2 aromatic heterocycles. The quantitative estimate of drug-likeness (QED) is 0.932. The highest BCUT2D eigenvalue weighted by atomic mass is 32.1. The van der Waals surface area contributed by atoms with Gasteiger partial charge in [0.05, 0.1) is 6.04 Å². The molecule has 5 heteroatoms. The molecule has 4 nitrogen and oxygen atoms in total. The number of aromatic nitrogens is 2. The van der Waals surface area contributed by atoms with E-state index in [1.165, 1.54) is 12.8 Å². The van der Waals surface area contributed by atoms with Crippen molar-refractivity contribution in [1.29, 1.82) is 0 Å². The first-order valence-electron chi connectivity index (χ1n) is 6.49. The van der Waals surface area contributed by atoms with Crippen molar-refractivity contribution in [3.05, 3.63) is 40.1 Å². The zero-order valence-electron chi connectivity index (χ0n) is 11.1. The third-order valence-corrected chi connectivity index (χ3v) is 4.50. The summed E-state index contributed by atoms with van der Waals surface area (Å²) in [6.07, 6.45) is 4.24. The molecule has 19 heavy (non-hydrogen) atoms. The molecule has 0 aromatic carbocycles. The van der Waals surface area contributed by atoms with Crippen LogP contribution >= 0.6 is 11.3 Å². The first-order valence-corrected chi connectivity index (χ1v) is 7.37. The van der Waals surface area contributed by atoms with Crippen LogP contribution in [-0.4, -0.2) is 15.5 Å². The lowest BCUT2D eigenvalue weighted by Crippen LogP contribution is -2.31. The number of aryl methyl sites for hydroxylation is 2. The van der Waals surface area contributed by atoms with Gasteiger partial charge >= 0.3 is 0 Å². The van der Waals surface area contributed by atoms with Crippen LogP contribution in [0.4, 0.5) is 0 Å². The van der Waals surface area contributed by atoms with Crippen LogP contribution in [0.25, 0.3) is 0 Å². The molecule has 1 amide bonds. The van der Waals surface area contributed by atoms with E-state index in [2.05, 4.69) is 10.3 Å². The Morgan fingerprint density at radius 3 is 2.89 bits per heavy atom. The van der Waals surface area contributed by atoms with Gasteiger partial charge in [-0.2, -0.15) is 0 Å². The number of rotatable bonds is 4. The average Bonchev–Trinajstić information content (AvgIpc) is 2.99. The number of hydrogen-bond acceptors (Lipinski definition) is 3. The van der Waals surface area contributed by atoms with Gasteiger partial charge in [-0.05, 0) is 37.8 Å². The fourth-order valence-corrected chi connectivity index (χ4v) is 3.18. The summed E-state index contributed by atoms with van der Waals surface area (Å²) in [5, 5.41) is 6.21. The van der Waals surface area contributed by atoms with Crippen molar-refractivity contribution in [3.8, 4) is 0 Å². The highest BCUT2D eigenvalue weighted by Gasteiger charge is 2.35. The smallest absolute Gasteiger partial charge is 0.268 e. The topological polar surface area (TPSA) is 46.9 Å². The van der Waals surface area contributed by atoms with Crippen LogP contribution < -0.4 is 5.32 Å². The molecule has 3 rings (SSSR count). The van der Waals surface area contributed by atoms with Gasteiger partial charge in [0, 0.05) is 24.3 Å². The summed E-state index contributed by atoms with van der Waals surface area (Å²) in [5.41, 5.74) is 1.72. The second-order valence-electron chi connectivity index (χ2n) is 5.12. The number of hydrogen-bond donors (Lipinski definition) is 1. The largest absolute Gasteiger partial charge is 0.347 e. The van der Waals surface area contributed by atoms with Crippen LogP contribution in [0.5, 0.6) is 0 Å². The van der Waals surface area contributed by atoms with E-state index in [-0.39, 0.29) is 11.9 Å². The van der Waals surface area contributed by atoms with E-state index in [0.29, 0.717) is 11.6 Å². The monoisotopic (exact) mass is 275 g/mol. The van der Waals surface area contributed by atoms with Gasteiger partial charge in [0.15, 0.2) is 0 Å². The Labute approximate surface area is 116 Å². The van der Waals surface area contributed by atoms with Gasteiger partial charge in [-0.1, -0.05) is 0 Å². The van der Waals surface area contributed by atoms with Crippen LogP contribution in [0.3, 0.4) is 0 Å². The van der Waals surface area contributed by atoms with Crippen molar-refractivity contribution in [1.82, 2.24) is 14.9 Å². The van der Waals surface area contributed by atoms with Gasteiger partial charge in [0.25, 0.3) is 5.91 Å². The Morgan fingerprint density at radius 2 is 2.37 bits per heavy atom. The van der Waals surface area contributed by atoms with Crippen molar-refractivity contribution in [3.63, 3.8) is 0 Å². The minimum absolute atomic E-state index is 0.0164. The number of nitrogens with zero attached hydrogens (tertiary/aromatic N) is 2. The predicted molar refractivity (Wildman–Crippen MR) is 75.2 cm³/mol. The van der Waals surface area contributed by atoms with E-state index >= 15 is 0 Å². The van der Waals surface area contributed by atoms with E-state index in [4.69, 9.17) is 0 Å². The Bertz CT molecular complexity index is 597. The van der Waals surface area contributed by atoms with Crippen molar-refractivity contribution < 1.29 is 4.79 Å². The second kappa shape index (κ2) is 4.81. The zero-order chi connectivity index (χ0) is 13.4. The van der Waals surface area contributed by atoms with Crippen molar-refractivity contribution >= 4 is 17.2 Å². The van der Waals surface area contributed by atoms with Gasteiger partial charge in [0.2, 0.25) is 0 Å². The Balaban J connectivity index is 1.79. The fraction of sp³-hybridized carbons (Fsp3) is 0.429. The lowest BCUT2D eigenvalue weighted by Gasteiger charge is -2.16. The zero-order valence-corrected chi connectivity index (χ0v) is 11.9. The molecule has 0 unspecified atom stereocenters. The first-order chi connectivity index (χ1) is 9.15. The number of amides is 1. The van der Waals surface area contributed by atoms with Gasteiger partial charge < -0.3 is 9.88 Å². The minimum atomic E-state index is -0.0164. The molecule has 2 aromatic rings. The maximum atomic E-state index is 12.3. The van der Waals surface area contributed by atoms with Crippen molar-refractivity contribution in [2.75, 3.05) is 0 Å². The molecule has 0 aliphatic heterocycles. The molecule has 100 valence electrons. The summed E-state index contributed by atoms with van der Waals surface area (Å²) in [7, 11) is 1.88. The molecule has 1 N–H and O–H groups in total. The third kappa shape index (κ3) is 2.56. The van der Waals surface area contributed by atoms with Gasteiger partial charge in [0.1, 0.15) is 10.7 Å². The lowest BCUT2D eigenvalue weighted by molar-refractivity contribution is 0.0923. The summed E-state index contributed by atoms with van der Waals surface area (Å²) in [4.78, 5) is 16.8. The van der Waals surface area contributed by atoms with E-state index in [1.807, 2.05) is 42.2 Å². The minimum Gasteiger partial charge on any atom is -0.347 e. The molecule has 1 saturated carbocycles. The Morgan fingerprint density at radius 1 is 1.58 bits per heavy atom. The number of nitrogens with one attached hydrogen (secondary N) is 1. The molecule has 0 spiro atoms. The van der Waals surface area contributed by atoms with Crippen molar-refractivity contribution in [2.45, 2.75) is 25.8 Å². The lowest BCUT2D eigenvalue weighted by atomic mass is 10.2. The van der Waals surface area contributed by atoms with Crippen LogP contribution in [0, 0.1) is 12.8 Å². The molecule has 0 bridgehead atoms. The molecule has 1 fully saturated rings. The van der Waals surface area contributed by atoms with Crippen molar-refractivity contribution in [2.24, 2.45) is 13.0 Å². The molecule has 0 radical (unpaired) electrons. The molecule has 0 saturated heterocycles. The van der Waals surface area contributed by atoms with E-state index < -0.39 is 0 Å². The molecule has 1 atom stereocenters. The number of carbonyl (C=O) groups excluding carboxylic acids is 1. The summed E-state index contributed by atoms with van der Waals surface area (Å²) >= 11 is 1.64. The Hall–Kier alpha value is -1.62. The molecule has 1 aliphatic rings. The van der Waals surface area contributed by atoms with Gasteiger partial charge in [-0.15, -0.1) is 11.3 Å². The Kier molecular flexibility index (Phi) is 3.14. The van der Waals surface area contributed by atoms with Crippen LogP contribution in [-0.2, 0) is 7.05 Å². The van der Waals surface area contributed by atoms with E-state index in [9.17, 15) is 4.79 Å². The summed E-state index contributed by atoms with van der Waals surface area (Å²) in [5.74, 6) is 0.534. The predicted octanol–water partition coefficient (Wildman–Crippen LogP) is 2.67. The summed E-state index contributed by atoms with van der Waals surface area (Å²) in [6.45, 7) is 1.99. The van der Waals surface area contributed by atoms with Gasteiger partial charge in [-0.3, -0.25) is 4.79 Å². The maximum Gasteiger partial charge on any atom is 0.268 e. The normalized spacial score (nSPS) is 16.3. The third-order valence-electron chi connectivity index (χ3n) is 3.46. The van der Waals surface area contributed by atoms with Crippen LogP contribution in [0.15, 0.2) is 23.7 Å². The molecule has 2 heterocycles. The van der Waals surface area contributed by atoms with Crippen LogP contribution in [0.1, 0.15) is 40.1 Å². The van der Waals surface area contributed by atoms with E-state index in [0.717, 1.165) is 10.7 Å². The molecule has 1 aliphatic carbocycles. The standard InChI is InChI=1S/C14H17N3OS/c1-9-8-19-14(15-9)12(10-5-6-10)16-13(18)11-4-3-7-17(11)2/h3-4,7-8,10,12H,5-6H2,1-2H3,(H,16,18)/t12-/m1/s1. The summed E-state index contributed by atoms with van der Waals surface area (Å²) in [6, 6.07) is 3.79. The highest BCUT2D eigenvalue weighted by molar-refractivity contribution is 7.09. The van der Waals surface area contributed by atoms with Gasteiger partial charge in [-0.25, -0.2) is 4.98 Å². The highest BCUT2D eigenvalue weighted by Crippen LogP contribution is 2.41. The molecular formula is C14H17N3OS. The fourth-order valence-electron chi connectivity index (χ4n) is 2.24. The first kappa shape index (κ1) is 12.4.